The number of hydrogen-bond donors (Lipinski definition) is 1. The summed E-state index contributed by atoms with van der Waals surface area (Å²) < 4.78 is 0. The van der Waals surface area contributed by atoms with E-state index < -0.39 is 5.54 Å². The summed E-state index contributed by atoms with van der Waals surface area (Å²) in [4.78, 5) is 27.8. The fourth-order valence-electron chi connectivity index (χ4n) is 4.59. The van der Waals surface area contributed by atoms with Gasteiger partial charge in [0.15, 0.2) is 0 Å². The first-order valence-corrected chi connectivity index (χ1v) is 8.83. The van der Waals surface area contributed by atoms with Crippen LogP contribution in [0.3, 0.4) is 0 Å². The molecule has 1 heterocycles. The van der Waals surface area contributed by atoms with Gasteiger partial charge in [0, 0.05) is 6.04 Å². The number of piperazine rings is 1. The predicted molar refractivity (Wildman–Crippen MR) is 81.8 cm³/mol. The standard InChI is InChI=1S/C17H28N2O2/c1-2-14-15(20)19(13-9-5-3-4-6-10-13)17(16(21)18-14)11-7-8-12-17/h13-14H,2-12H2,1H3,(H,18,21). The Bertz CT molecular complexity index is 407. The summed E-state index contributed by atoms with van der Waals surface area (Å²) in [6, 6.07) is -0.00909. The highest BCUT2D eigenvalue weighted by molar-refractivity contribution is 6.00. The molecule has 1 aliphatic heterocycles. The maximum absolute atomic E-state index is 13.0. The molecule has 3 fully saturated rings. The van der Waals surface area contributed by atoms with Crippen LogP contribution in [-0.2, 0) is 9.59 Å². The molecule has 21 heavy (non-hydrogen) atoms. The second-order valence-electron chi connectivity index (χ2n) is 7.03. The molecule has 1 N–H and O–H groups in total. The molecule has 0 radical (unpaired) electrons. The number of hydrogen-bond acceptors (Lipinski definition) is 2. The number of carbonyl (C=O) groups is 2. The Hall–Kier alpha value is -1.06. The molecule has 1 spiro atoms. The van der Waals surface area contributed by atoms with Crippen molar-refractivity contribution in [2.24, 2.45) is 0 Å². The van der Waals surface area contributed by atoms with E-state index in [1.54, 1.807) is 0 Å². The molecule has 1 unspecified atom stereocenters. The van der Waals surface area contributed by atoms with Crippen LogP contribution in [0.2, 0.25) is 0 Å². The van der Waals surface area contributed by atoms with Crippen LogP contribution in [-0.4, -0.2) is 34.3 Å². The number of carbonyl (C=O) groups excluding carboxylic acids is 2. The van der Waals surface area contributed by atoms with Gasteiger partial charge in [-0.05, 0) is 32.1 Å². The third-order valence-electron chi connectivity index (χ3n) is 5.75. The van der Waals surface area contributed by atoms with Crippen LogP contribution in [0.5, 0.6) is 0 Å². The lowest BCUT2D eigenvalue weighted by Gasteiger charge is -2.50. The highest BCUT2D eigenvalue weighted by atomic mass is 16.2. The second kappa shape index (κ2) is 5.98. The largest absolute Gasteiger partial charge is 0.342 e. The molecule has 3 aliphatic rings. The average molecular weight is 292 g/mol. The highest BCUT2D eigenvalue weighted by Crippen LogP contribution is 2.41. The molecule has 0 aromatic carbocycles. The van der Waals surface area contributed by atoms with Crippen LogP contribution >= 0.6 is 0 Å². The van der Waals surface area contributed by atoms with Crippen molar-refractivity contribution in [2.75, 3.05) is 0 Å². The van der Waals surface area contributed by atoms with E-state index in [9.17, 15) is 9.59 Å². The van der Waals surface area contributed by atoms with E-state index >= 15 is 0 Å². The van der Waals surface area contributed by atoms with Crippen molar-refractivity contribution in [2.45, 2.75) is 95.2 Å². The topological polar surface area (TPSA) is 49.4 Å². The molecule has 0 aromatic heterocycles. The van der Waals surface area contributed by atoms with Gasteiger partial charge in [-0.15, -0.1) is 0 Å². The summed E-state index contributed by atoms with van der Waals surface area (Å²) in [6.07, 6.45) is 11.7. The quantitative estimate of drug-likeness (QED) is 0.796. The Kier molecular flexibility index (Phi) is 4.23. The van der Waals surface area contributed by atoms with Gasteiger partial charge in [-0.3, -0.25) is 9.59 Å². The van der Waals surface area contributed by atoms with Gasteiger partial charge in [0.2, 0.25) is 11.8 Å². The normalized spacial score (nSPS) is 30.5. The maximum Gasteiger partial charge on any atom is 0.246 e. The molecule has 0 bridgehead atoms. The SMILES string of the molecule is CCC1NC(=O)C2(CCCC2)N(C2CCCCCC2)C1=O. The van der Waals surface area contributed by atoms with E-state index in [0.717, 1.165) is 38.5 Å². The highest BCUT2D eigenvalue weighted by Gasteiger charge is 2.55. The lowest BCUT2D eigenvalue weighted by Crippen LogP contribution is -2.71. The molecular formula is C17H28N2O2. The van der Waals surface area contributed by atoms with E-state index in [-0.39, 0.29) is 23.9 Å². The Morgan fingerprint density at radius 1 is 1.05 bits per heavy atom. The van der Waals surface area contributed by atoms with Crippen LogP contribution in [0.25, 0.3) is 0 Å². The van der Waals surface area contributed by atoms with Gasteiger partial charge in [0.1, 0.15) is 11.6 Å². The molecular weight excluding hydrogens is 264 g/mol. The van der Waals surface area contributed by atoms with Crippen LogP contribution in [0.1, 0.15) is 77.6 Å². The Labute approximate surface area is 127 Å². The van der Waals surface area contributed by atoms with Crippen molar-refractivity contribution in [3.8, 4) is 0 Å². The van der Waals surface area contributed by atoms with Crippen molar-refractivity contribution in [3.63, 3.8) is 0 Å². The summed E-state index contributed by atoms with van der Waals surface area (Å²) >= 11 is 0. The van der Waals surface area contributed by atoms with Gasteiger partial charge in [-0.2, -0.15) is 0 Å². The summed E-state index contributed by atoms with van der Waals surface area (Å²) in [5.74, 6) is 0.307. The van der Waals surface area contributed by atoms with Crippen LogP contribution in [0, 0.1) is 0 Å². The van der Waals surface area contributed by atoms with Crippen molar-refractivity contribution < 1.29 is 9.59 Å². The second-order valence-corrected chi connectivity index (χ2v) is 7.03. The van der Waals surface area contributed by atoms with E-state index in [1.807, 2.05) is 6.92 Å². The predicted octanol–water partition coefficient (Wildman–Crippen LogP) is 2.76. The number of amides is 2. The molecule has 4 heteroatoms. The zero-order chi connectivity index (χ0) is 14.9. The lowest BCUT2D eigenvalue weighted by molar-refractivity contribution is -0.161. The van der Waals surface area contributed by atoms with E-state index in [4.69, 9.17) is 0 Å². The van der Waals surface area contributed by atoms with E-state index in [2.05, 4.69) is 10.2 Å². The Morgan fingerprint density at radius 2 is 1.67 bits per heavy atom. The fraction of sp³-hybridized carbons (Fsp3) is 0.882. The van der Waals surface area contributed by atoms with Gasteiger partial charge in [0.25, 0.3) is 0 Å². The van der Waals surface area contributed by atoms with E-state index in [0.29, 0.717) is 6.42 Å². The smallest absolute Gasteiger partial charge is 0.246 e. The third-order valence-corrected chi connectivity index (χ3v) is 5.75. The molecule has 0 aromatic rings. The number of nitrogens with zero attached hydrogens (tertiary/aromatic N) is 1. The monoisotopic (exact) mass is 292 g/mol. The average Bonchev–Trinajstić information content (AvgIpc) is 2.81. The number of nitrogens with one attached hydrogen (secondary N) is 1. The summed E-state index contributed by atoms with van der Waals surface area (Å²) in [7, 11) is 0. The lowest BCUT2D eigenvalue weighted by atomic mass is 9.85. The maximum atomic E-state index is 13.0. The molecule has 2 amide bonds. The zero-order valence-corrected chi connectivity index (χ0v) is 13.2. The van der Waals surface area contributed by atoms with Crippen molar-refractivity contribution in [1.29, 1.82) is 0 Å². The molecule has 3 rings (SSSR count). The first kappa shape index (κ1) is 14.9. The third kappa shape index (κ3) is 2.47. The minimum atomic E-state index is -0.516. The van der Waals surface area contributed by atoms with Crippen molar-refractivity contribution >= 4 is 11.8 Å². The summed E-state index contributed by atoms with van der Waals surface area (Å²) in [5, 5.41) is 3.00. The first-order chi connectivity index (χ1) is 10.2. The van der Waals surface area contributed by atoms with Crippen LogP contribution in [0.15, 0.2) is 0 Å². The molecule has 1 saturated heterocycles. The Morgan fingerprint density at radius 3 is 2.24 bits per heavy atom. The first-order valence-electron chi connectivity index (χ1n) is 8.83. The molecule has 2 aliphatic carbocycles. The van der Waals surface area contributed by atoms with Crippen molar-refractivity contribution in [3.05, 3.63) is 0 Å². The molecule has 2 saturated carbocycles. The fourth-order valence-corrected chi connectivity index (χ4v) is 4.59. The van der Waals surface area contributed by atoms with Gasteiger partial charge in [-0.1, -0.05) is 45.4 Å². The van der Waals surface area contributed by atoms with Gasteiger partial charge >= 0.3 is 0 Å². The van der Waals surface area contributed by atoms with Crippen molar-refractivity contribution in [1.82, 2.24) is 10.2 Å². The van der Waals surface area contributed by atoms with E-state index in [1.165, 1.54) is 25.7 Å². The minimum absolute atomic E-state index is 0.121. The van der Waals surface area contributed by atoms with Crippen LogP contribution < -0.4 is 5.32 Å². The number of rotatable bonds is 2. The minimum Gasteiger partial charge on any atom is -0.342 e. The Balaban J connectivity index is 1.93. The van der Waals surface area contributed by atoms with Gasteiger partial charge in [0.05, 0.1) is 0 Å². The zero-order valence-electron chi connectivity index (χ0n) is 13.2. The summed E-state index contributed by atoms with van der Waals surface area (Å²) in [6.45, 7) is 1.99. The van der Waals surface area contributed by atoms with Gasteiger partial charge < -0.3 is 10.2 Å². The van der Waals surface area contributed by atoms with Crippen LogP contribution in [0.4, 0.5) is 0 Å². The molecule has 4 nitrogen and oxygen atoms in total. The van der Waals surface area contributed by atoms with Gasteiger partial charge in [-0.25, -0.2) is 0 Å². The summed E-state index contributed by atoms with van der Waals surface area (Å²) in [5.41, 5.74) is -0.516. The molecule has 118 valence electrons. The molecule has 1 atom stereocenters.